The summed E-state index contributed by atoms with van der Waals surface area (Å²) in [6, 6.07) is 22.8. The fourth-order valence-electron chi connectivity index (χ4n) is 4.11. The van der Waals surface area contributed by atoms with Crippen LogP contribution in [0.15, 0.2) is 78.9 Å². The first kappa shape index (κ1) is 27.4. The van der Waals surface area contributed by atoms with Crippen molar-refractivity contribution in [2.45, 2.75) is 24.9 Å². The summed E-state index contributed by atoms with van der Waals surface area (Å²) in [5.41, 5.74) is 0.464. The fraction of sp³-hybridized carbons (Fsp3) is 0.222. The summed E-state index contributed by atoms with van der Waals surface area (Å²) >= 11 is 0. The first-order valence-electron chi connectivity index (χ1n) is 11.1. The van der Waals surface area contributed by atoms with Gasteiger partial charge in [0.1, 0.15) is 19.0 Å². The first-order chi connectivity index (χ1) is 16.9. The molecule has 0 aliphatic heterocycles. The SMILES string of the molecule is O=C([O-])COc1cccc2c1CCC(=O)C(O)(COC(=O)N(c1ccccc1)c1ccccc1)C2.[Na+]. The van der Waals surface area contributed by atoms with E-state index in [2.05, 4.69) is 0 Å². The van der Waals surface area contributed by atoms with Crippen LogP contribution in [-0.4, -0.2) is 41.8 Å². The van der Waals surface area contributed by atoms with Crippen molar-refractivity contribution in [2.24, 2.45) is 0 Å². The number of para-hydroxylation sites is 2. The molecule has 0 saturated heterocycles. The van der Waals surface area contributed by atoms with Gasteiger partial charge in [0, 0.05) is 12.8 Å². The number of fused-ring (bicyclic) bond motifs is 1. The van der Waals surface area contributed by atoms with Crippen LogP contribution in [0.4, 0.5) is 16.2 Å². The van der Waals surface area contributed by atoms with Crippen LogP contribution >= 0.6 is 0 Å². The number of Topliss-reactive ketones (excluding diaryl/α,β-unsaturated/α-hetero) is 1. The monoisotopic (exact) mass is 497 g/mol. The number of carbonyl (C=O) groups excluding carboxylic acids is 3. The molecule has 9 heteroatoms. The number of ether oxygens (including phenoxy) is 2. The Hall–Kier alpha value is -3.17. The number of ketones is 1. The Morgan fingerprint density at radius 3 is 2.11 bits per heavy atom. The molecule has 0 spiro atoms. The number of rotatable bonds is 7. The number of hydrogen-bond donors (Lipinski definition) is 1. The molecule has 1 aliphatic carbocycles. The van der Waals surface area contributed by atoms with Crippen molar-refractivity contribution < 1.29 is 63.6 Å². The molecule has 1 unspecified atom stereocenters. The smallest absolute Gasteiger partial charge is 0.546 e. The standard InChI is InChI=1S/C27H25NO7.Na/c29-24-15-14-22-19(8-7-13-23(22)34-17-25(30)31)16-27(24,33)18-35-26(32)28(20-9-3-1-4-10-20)21-11-5-2-6-12-21;/h1-13,33H,14-18H2,(H,30,31);/q;+1/p-1. The number of nitrogens with zero attached hydrogens (tertiary/aromatic N) is 1. The number of benzene rings is 3. The third-order valence-corrected chi connectivity index (χ3v) is 5.83. The van der Waals surface area contributed by atoms with E-state index in [1.807, 2.05) is 12.1 Å². The molecule has 0 radical (unpaired) electrons. The minimum atomic E-state index is -1.94. The molecule has 8 nitrogen and oxygen atoms in total. The second kappa shape index (κ2) is 12.2. The zero-order valence-corrected chi connectivity index (χ0v) is 21.9. The number of carboxylic acids is 1. The van der Waals surface area contributed by atoms with Crippen LogP contribution in [0, 0.1) is 0 Å². The molecular weight excluding hydrogens is 473 g/mol. The summed E-state index contributed by atoms with van der Waals surface area (Å²) in [6.45, 7) is -1.16. The van der Waals surface area contributed by atoms with Gasteiger partial charge in [-0.15, -0.1) is 0 Å². The molecular formula is C27H24NNaO7. The Morgan fingerprint density at radius 2 is 1.53 bits per heavy atom. The molecule has 1 atom stereocenters. The van der Waals surface area contributed by atoms with Gasteiger partial charge in [0.25, 0.3) is 0 Å². The van der Waals surface area contributed by atoms with E-state index < -0.39 is 36.7 Å². The van der Waals surface area contributed by atoms with Gasteiger partial charge in [0.15, 0.2) is 11.4 Å². The topological polar surface area (TPSA) is 116 Å². The molecule has 3 aromatic rings. The predicted octanol–water partition coefficient (Wildman–Crippen LogP) is -0.417. The van der Waals surface area contributed by atoms with Crippen molar-refractivity contribution in [3.8, 4) is 5.75 Å². The molecule has 1 N–H and O–H groups in total. The van der Waals surface area contributed by atoms with E-state index in [0.717, 1.165) is 0 Å². The second-order valence-corrected chi connectivity index (χ2v) is 8.25. The zero-order valence-electron chi connectivity index (χ0n) is 19.9. The van der Waals surface area contributed by atoms with Crippen molar-refractivity contribution in [3.63, 3.8) is 0 Å². The van der Waals surface area contributed by atoms with E-state index in [9.17, 15) is 24.6 Å². The fourth-order valence-corrected chi connectivity index (χ4v) is 4.11. The minimum Gasteiger partial charge on any atom is -0.546 e. The third kappa shape index (κ3) is 6.33. The molecule has 0 bridgehead atoms. The van der Waals surface area contributed by atoms with Gasteiger partial charge in [-0.3, -0.25) is 4.79 Å². The molecule has 36 heavy (non-hydrogen) atoms. The van der Waals surface area contributed by atoms with E-state index in [1.54, 1.807) is 66.7 Å². The summed E-state index contributed by atoms with van der Waals surface area (Å²) in [6.07, 6.45) is -0.603. The summed E-state index contributed by atoms with van der Waals surface area (Å²) in [5, 5.41) is 22.0. The quantitative estimate of drug-likeness (QED) is 0.348. The predicted molar refractivity (Wildman–Crippen MR) is 125 cm³/mol. The summed E-state index contributed by atoms with van der Waals surface area (Å²) in [5.74, 6) is -1.52. The number of carboxylic acid groups (broad SMARTS) is 1. The van der Waals surface area contributed by atoms with Crippen LogP contribution in [0.1, 0.15) is 17.5 Å². The minimum absolute atomic E-state index is 0. The summed E-state index contributed by atoms with van der Waals surface area (Å²) < 4.78 is 10.8. The van der Waals surface area contributed by atoms with E-state index in [4.69, 9.17) is 9.47 Å². The Bertz CT molecular complexity index is 1180. The largest absolute Gasteiger partial charge is 1.00 e. The molecule has 0 fully saturated rings. The van der Waals surface area contributed by atoms with Crippen LogP contribution in [-0.2, 0) is 27.2 Å². The van der Waals surface area contributed by atoms with Crippen LogP contribution in [0.3, 0.4) is 0 Å². The van der Waals surface area contributed by atoms with Gasteiger partial charge >= 0.3 is 35.7 Å². The van der Waals surface area contributed by atoms with Gasteiger partial charge in [-0.1, -0.05) is 48.5 Å². The van der Waals surface area contributed by atoms with Crippen LogP contribution in [0.25, 0.3) is 0 Å². The zero-order chi connectivity index (χ0) is 24.8. The van der Waals surface area contributed by atoms with E-state index >= 15 is 0 Å². The third-order valence-electron chi connectivity index (χ3n) is 5.83. The van der Waals surface area contributed by atoms with Gasteiger partial charge in [0.2, 0.25) is 0 Å². The Morgan fingerprint density at radius 1 is 0.917 bits per heavy atom. The summed E-state index contributed by atoms with van der Waals surface area (Å²) in [7, 11) is 0. The van der Waals surface area contributed by atoms with Crippen molar-refractivity contribution in [1.29, 1.82) is 0 Å². The number of amides is 1. The molecule has 3 aromatic carbocycles. The molecule has 4 rings (SSSR count). The maximum Gasteiger partial charge on any atom is 1.00 e. The van der Waals surface area contributed by atoms with Crippen LogP contribution in [0.5, 0.6) is 5.75 Å². The van der Waals surface area contributed by atoms with Gasteiger partial charge < -0.3 is 24.5 Å². The first-order valence-corrected chi connectivity index (χ1v) is 11.1. The van der Waals surface area contributed by atoms with Crippen LogP contribution in [0.2, 0.25) is 0 Å². The number of anilines is 2. The molecule has 1 amide bonds. The summed E-state index contributed by atoms with van der Waals surface area (Å²) in [4.78, 5) is 38.2. The van der Waals surface area contributed by atoms with Crippen molar-refractivity contribution in [1.82, 2.24) is 0 Å². The van der Waals surface area contributed by atoms with Crippen LogP contribution < -0.4 is 44.3 Å². The van der Waals surface area contributed by atoms with E-state index in [1.165, 1.54) is 4.90 Å². The normalized spacial score (nSPS) is 16.6. The van der Waals surface area contributed by atoms with Crippen molar-refractivity contribution >= 4 is 29.2 Å². The van der Waals surface area contributed by atoms with Gasteiger partial charge in [-0.25, -0.2) is 9.69 Å². The number of aliphatic hydroxyl groups is 1. The molecule has 180 valence electrons. The van der Waals surface area contributed by atoms with Gasteiger partial charge in [0.05, 0.1) is 17.3 Å². The molecule has 0 aromatic heterocycles. The number of carbonyl (C=O) groups is 3. The molecule has 1 aliphatic rings. The average Bonchev–Trinajstić information content (AvgIpc) is 2.99. The Labute approximate surface area is 230 Å². The van der Waals surface area contributed by atoms with Gasteiger partial charge in [-0.2, -0.15) is 0 Å². The van der Waals surface area contributed by atoms with Crippen molar-refractivity contribution in [3.05, 3.63) is 90.0 Å². The number of hydrogen-bond acceptors (Lipinski definition) is 7. The maximum absolute atomic E-state index is 13.2. The van der Waals surface area contributed by atoms with E-state index in [0.29, 0.717) is 28.3 Å². The van der Waals surface area contributed by atoms with E-state index in [-0.39, 0.29) is 48.8 Å². The van der Waals surface area contributed by atoms with Gasteiger partial charge in [-0.05, 0) is 47.9 Å². The Kier molecular flexibility index (Phi) is 9.28. The molecule has 0 heterocycles. The van der Waals surface area contributed by atoms with Crippen molar-refractivity contribution in [2.75, 3.05) is 18.1 Å². The molecule has 0 saturated carbocycles. The second-order valence-electron chi connectivity index (χ2n) is 8.25. The maximum atomic E-state index is 13.2. The average molecular weight is 497 g/mol. The number of aliphatic carboxylic acids is 1. The Balaban J connectivity index is 0.00000361.